The molecule has 0 aliphatic heterocycles. The molecule has 0 saturated heterocycles. The number of benzene rings is 2. The van der Waals surface area contributed by atoms with Gasteiger partial charge in [-0.05, 0) is 43.3 Å². The molecule has 0 saturated carbocycles. The first-order valence-electron chi connectivity index (χ1n) is 10.4. The molecule has 0 atom stereocenters. The summed E-state index contributed by atoms with van der Waals surface area (Å²) in [6.07, 6.45) is 0. The lowest BCUT2D eigenvalue weighted by Crippen LogP contribution is -2.30. The van der Waals surface area contributed by atoms with Crippen molar-refractivity contribution in [3.05, 3.63) is 48.5 Å². The zero-order chi connectivity index (χ0) is 23.1. The first-order chi connectivity index (χ1) is 15.4. The van der Waals surface area contributed by atoms with Crippen molar-refractivity contribution in [1.82, 2.24) is 14.3 Å². The standard InChI is InChI=1S/C22H27N5O3S2/c1-4-23-21-18-9-7-8-10-19(18)25-22(26-21)31-15-20(28)24-16-11-13-17(14-12-16)32(29,30)27(5-2)6-3/h7-14H,4-6,15H2,1-3H3,(H,24,28)(H,23,25,26). The molecule has 170 valence electrons. The number of aromatic nitrogens is 2. The summed E-state index contributed by atoms with van der Waals surface area (Å²) >= 11 is 1.24. The highest BCUT2D eigenvalue weighted by Crippen LogP contribution is 2.24. The largest absolute Gasteiger partial charge is 0.370 e. The third kappa shape index (κ3) is 5.56. The number of rotatable bonds is 10. The van der Waals surface area contributed by atoms with Crippen LogP contribution < -0.4 is 10.6 Å². The molecule has 2 aromatic carbocycles. The molecule has 0 radical (unpaired) electrons. The number of anilines is 2. The number of para-hydroxylation sites is 1. The van der Waals surface area contributed by atoms with Crippen molar-refractivity contribution in [3.8, 4) is 0 Å². The second-order valence-electron chi connectivity index (χ2n) is 6.85. The van der Waals surface area contributed by atoms with Crippen LogP contribution in [0.4, 0.5) is 11.5 Å². The highest BCUT2D eigenvalue weighted by Gasteiger charge is 2.21. The molecule has 0 spiro atoms. The molecule has 0 fully saturated rings. The SMILES string of the molecule is CCNc1nc(SCC(=O)Nc2ccc(S(=O)(=O)N(CC)CC)cc2)nc2ccccc12. The lowest BCUT2D eigenvalue weighted by Gasteiger charge is -2.18. The highest BCUT2D eigenvalue weighted by atomic mass is 32.2. The average molecular weight is 474 g/mol. The minimum atomic E-state index is -3.53. The van der Waals surface area contributed by atoms with Gasteiger partial charge >= 0.3 is 0 Å². The number of thioether (sulfide) groups is 1. The molecule has 32 heavy (non-hydrogen) atoms. The van der Waals surface area contributed by atoms with E-state index in [0.29, 0.717) is 23.9 Å². The predicted octanol–water partition coefficient (Wildman–Crippen LogP) is 3.82. The Balaban J connectivity index is 1.65. The minimum absolute atomic E-state index is 0.128. The van der Waals surface area contributed by atoms with Crippen LogP contribution >= 0.6 is 11.8 Å². The van der Waals surface area contributed by atoms with E-state index in [4.69, 9.17) is 0 Å². The maximum absolute atomic E-state index is 12.6. The number of sulfonamides is 1. The lowest BCUT2D eigenvalue weighted by atomic mass is 10.2. The topological polar surface area (TPSA) is 104 Å². The van der Waals surface area contributed by atoms with Crippen LogP contribution in [0.25, 0.3) is 10.9 Å². The molecule has 1 amide bonds. The van der Waals surface area contributed by atoms with E-state index in [1.165, 1.54) is 28.2 Å². The van der Waals surface area contributed by atoms with Gasteiger partial charge < -0.3 is 10.6 Å². The number of nitrogens with one attached hydrogen (secondary N) is 2. The van der Waals surface area contributed by atoms with E-state index in [9.17, 15) is 13.2 Å². The third-order valence-corrected chi connectivity index (χ3v) is 7.65. The quantitative estimate of drug-likeness (QED) is 0.341. The first-order valence-corrected chi connectivity index (χ1v) is 12.8. The van der Waals surface area contributed by atoms with Gasteiger partial charge in [-0.25, -0.2) is 18.4 Å². The number of carbonyl (C=O) groups excluding carboxylic acids is 1. The van der Waals surface area contributed by atoms with Crippen LogP contribution in [0, 0.1) is 0 Å². The molecule has 3 rings (SSSR count). The fourth-order valence-corrected chi connectivity index (χ4v) is 5.28. The van der Waals surface area contributed by atoms with E-state index in [0.717, 1.165) is 23.3 Å². The summed E-state index contributed by atoms with van der Waals surface area (Å²) in [7, 11) is -3.53. The van der Waals surface area contributed by atoms with Crippen LogP contribution in [0.1, 0.15) is 20.8 Å². The number of hydrogen-bond acceptors (Lipinski definition) is 7. The Morgan fingerprint density at radius 3 is 2.34 bits per heavy atom. The number of nitrogens with zero attached hydrogens (tertiary/aromatic N) is 3. The number of hydrogen-bond donors (Lipinski definition) is 2. The summed E-state index contributed by atoms with van der Waals surface area (Å²) in [5.41, 5.74) is 1.34. The molecule has 8 nitrogen and oxygen atoms in total. The van der Waals surface area contributed by atoms with Crippen molar-refractivity contribution in [1.29, 1.82) is 0 Å². The summed E-state index contributed by atoms with van der Waals surface area (Å²) < 4.78 is 26.5. The first kappa shape index (κ1) is 24.0. The van der Waals surface area contributed by atoms with Gasteiger partial charge in [-0.15, -0.1) is 0 Å². The van der Waals surface area contributed by atoms with Gasteiger partial charge in [-0.2, -0.15) is 4.31 Å². The third-order valence-electron chi connectivity index (χ3n) is 4.74. The number of fused-ring (bicyclic) bond motifs is 1. The van der Waals surface area contributed by atoms with Gasteiger partial charge in [-0.3, -0.25) is 4.79 Å². The molecule has 10 heteroatoms. The minimum Gasteiger partial charge on any atom is -0.370 e. The van der Waals surface area contributed by atoms with E-state index < -0.39 is 10.0 Å². The molecular formula is C22H27N5O3S2. The maximum Gasteiger partial charge on any atom is 0.243 e. The Kier molecular flexibility index (Phi) is 8.05. The smallest absolute Gasteiger partial charge is 0.243 e. The monoisotopic (exact) mass is 473 g/mol. The Hall–Kier alpha value is -2.69. The number of carbonyl (C=O) groups is 1. The summed E-state index contributed by atoms with van der Waals surface area (Å²) in [5.74, 6) is 0.644. The Labute approximate surface area is 192 Å². The normalized spacial score (nSPS) is 11.6. The van der Waals surface area contributed by atoms with Crippen molar-refractivity contribution in [2.45, 2.75) is 30.8 Å². The molecule has 0 bridgehead atoms. The van der Waals surface area contributed by atoms with Gasteiger partial charge in [0.05, 0.1) is 16.2 Å². The molecule has 1 aromatic heterocycles. The molecule has 2 N–H and O–H groups in total. The maximum atomic E-state index is 12.6. The molecule has 0 unspecified atom stereocenters. The molecule has 3 aromatic rings. The van der Waals surface area contributed by atoms with Crippen LogP contribution in [0.2, 0.25) is 0 Å². The van der Waals surface area contributed by atoms with Gasteiger partial charge in [-0.1, -0.05) is 37.7 Å². The summed E-state index contributed by atoms with van der Waals surface area (Å²) in [5, 5.41) is 7.46. The van der Waals surface area contributed by atoms with E-state index in [-0.39, 0.29) is 16.6 Å². The fraction of sp³-hybridized carbons (Fsp3) is 0.318. The molecule has 1 heterocycles. The summed E-state index contributed by atoms with van der Waals surface area (Å²) in [4.78, 5) is 21.7. The van der Waals surface area contributed by atoms with Gasteiger partial charge in [0.1, 0.15) is 5.82 Å². The summed E-state index contributed by atoms with van der Waals surface area (Å²) in [6, 6.07) is 13.9. The fourth-order valence-electron chi connectivity index (χ4n) is 3.17. The predicted molar refractivity (Wildman–Crippen MR) is 130 cm³/mol. The molecule has 0 aliphatic rings. The average Bonchev–Trinajstić information content (AvgIpc) is 2.79. The van der Waals surface area contributed by atoms with Gasteiger partial charge in [0.15, 0.2) is 5.16 Å². The van der Waals surface area contributed by atoms with Gasteiger partial charge in [0, 0.05) is 30.7 Å². The Morgan fingerprint density at radius 2 is 1.69 bits per heavy atom. The molecular weight excluding hydrogens is 446 g/mol. The van der Waals surface area contributed by atoms with Crippen LogP contribution in [-0.4, -0.2) is 54.0 Å². The van der Waals surface area contributed by atoms with Crippen molar-refractivity contribution in [2.24, 2.45) is 0 Å². The van der Waals surface area contributed by atoms with Crippen molar-refractivity contribution < 1.29 is 13.2 Å². The van der Waals surface area contributed by atoms with Crippen molar-refractivity contribution >= 4 is 50.1 Å². The van der Waals surface area contributed by atoms with Crippen LogP contribution in [-0.2, 0) is 14.8 Å². The Bertz CT molecular complexity index is 1180. The number of amides is 1. The zero-order valence-electron chi connectivity index (χ0n) is 18.3. The van der Waals surface area contributed by atoms with Crippen LogP contribution in [0.5, 0.6) is 0 Å². The molecule has 0 aliphatic carbocycles. The summed E-state index contributed by atoms with van der Waals surface area (Å²) in [6.45, 7) is 7.13. The van der Waals surface area contributed by atoms with E-state index in [1.54, 1.807) is 26.0 Å². The van der Waals surface area contributed by atoms with E-state index in [1.807, 2.05) is 31.2 Å². The highest BCUT2D eigenvalue weighted by molar-refractivity contribution is 7.99. The second-order valence-corrected chi connectivity index (χ2v) is 9.73. The zero-order valence-corrected chi connectivity index (χ0v) is 20.0. The lowest BCUT2D eigenvalue weighted by molar-refractivity contribution is -0.113. The van der Waals surface area contributed by atoms with Crippen molar-refractivity contribution in [2.75, 3.05) is 36.0 Å². The van der Waals surface area contributed by atoms with Gasteiger partial charge in [0.25, 0.3) is 0 Å². The second kappa shape index (κ2) is 10.8. The van der Waals surface area contributed by atoms with E-state index >= 15 is 0 Å². The Morgan fingerprint density at radius 1 is 1.00 bits per heavy atom. The van der Waals surface area contributed by atoms with Gasteiger partial charge in [0.2, 0.25) is 15.9 Å². The van der Waals surface area contributed by atoms with Crippen LogP contribution in [0.15, 0.2) is 58.6 Å². The van der Waals surface area contributed by atoms with Crippen LogP contribution in [0.3, 0.4) is 0 Å². The van der Waals surface area contributed by atoms with E-state index in [2.05, 4.69) is 20.6 Å². The van der Waals surface area contributed by atoms with Crippen molar-refractivity contribution in [3.63, 3.8) is 0 Å².